The molecule has 7 heteroatoms. The maximum atomic E-state index is 11.6. The maximum absolute atomic E-state index is 11.6. The molecule has 2 heterocycles. The average Bonchev–Trinajstić information content (AvgIpc) is 2.79. The fourth-order valence-corrected chi connectivity index (χ4v) is 1.41. The molecule has 0 atom stereocenters. The molecule has 0 saturated carbocycles. The van der Waals surface area contributed by atoms with Crippen molar-refractivity contribution in [3.8, 4) is 0 Å². The highest BCUT2D eigenvalue weighted by Gasteiger charge is 2.15. The van der Waals surface area contributed by atoms with Crippen molar-refractivity contribution < 1.29 is 9.15 Å². The molecular formula is C10H13N5O2. The second-order valence-corrected chi connectivity index (χ2v) is 3.57. The van der Waals surface area contributed by atoms with Gasteiger partial charge in [-0.05, 0) is 6.07 Å². The van der Waals surface area contributed by atoms with Crippen molar-refractivity contribution in [2.45, 2.75) is 6.54 Å². The third kappa shape index (κ3) is 2.03. The lowest BCUT2D eigenvalue weighted by Gasteiger charge is -2.13. The van der Waals surface area contributed by atoms with E-state index in [1.807, 2.05) is 0 Å². The van der Waals surface area contributed by atoms with E-state index in [1.54, 1.807) is 18.6 Å². The third-order valence-corrected chi connectivity index (χ3v) is 2.37. The van der Waals surface area contributed by atoms with Crippen molar-refractivity contribution in [2.75, 3.05) is 22.5 Å². The zero-order valence-electron chi connectivity index (χ0n) is 9.01. The molecule has 0 aliphatic carbocycles. The molecule has 0 aromatic carbocycles. The van der Waals surface area contributed by atoms with Crippen LogP contribution >= 0.6 is 0 Å². The smallest absolute Gasteiger partial charge is 0.303 e. The van der Waals surface area contributed by atoms with Gasteiger partial charge < -0.3 is 26.8 Å². The van der Waals surface area contributed by atoms with Gasteiger partial charge in [-0.25, -0.2) is 4.73 Å². The zero-order chi connectivity index (χ0) is 12.4. The highest BCUT2D eigenvalue weighted by molar-refractivity contribution is 5.82. The van der Waals surface area contributed by atoms with Gasteiger partial charge in [0.15, 0.2) is 0 Å². The SMILES string of the molecule is Nc1c[n+]([O-])c(NCc2ccoc2)c(N)c1N. The number of hydrogen-bond acceptors (Lipinski definition) is 6. The predicted molar refractivity (Wildman–Crippen MR) is 64.7 cm³/mol. The van der Waals surface area contributed by atoms with Gasteiger partial charge >= 0.3 is 5.82 Å². The van der Waals surface area contributed by atoms with Crippen LogP contribution in [0.25, 0.3) is 0 Å². The second kappa shape index (κ2) is 4.12. The number of furan rings is 1. The molecule has 0 fully saturated rings. The van der Waals surface area contributed by atoms with Crippen molar-refractivity contribution in [3.63, 3.8) is 0 Å². The Kier molecular flexibility index (Phi) is 2.65. The van der Waals surface area contributed by atoms with E-state index >= 15 is 0 Å². The predicted octanol–water partition coefficient (Wildman–Crippen LogP) is 0.272. The summed E-state index contributed by atoms with van der Waals surface area (Å²) in [4.78, 5) is 0. The first-order valence-corrected chi connectivity index (χ1v) is 4.91. The fourth-order valence-electron chi connectivity index (χ4n) is 1.41. The Balaban J connectivity index is 2.24. The van der Waals surface area contributed by atoms with Crippen LogP contribution in [0.5, 0.6) is 0 Å². The largest absolute Gasteiger partial charge is 0.710 e. The van der Waals surface area contributed by atoms with Gasteiger partial charge in [0.25, 0.3) is 0 Å². The highest BCUT2D eigenvalue weighted by atomic mass is 16.5. The summed E-state index contributed by atoms with van der Waals surface area (Å²) in [5, 5.41) is 14.5. The number of aromatic nitrogens is 1. The minimum atomic E-state index is 0.142. The molecule has 0 aliphatic rings. The Hall–Kier alpha value is -2.57. The third-order valence-electron chi connectivity index (χ3n) is 2.37. The summed E-state index contributed by atoms with van der Waals surface area (Å²) in [6.45, 7) is 0.409. The summed E-state index contributed by atoms with van der Waals surface area (Å²) in [5.41, 5.74) is 18.3. The molecule has 0 aliphatic heterocycles. The monoisotopic (exact) mass is 235 g/mol. The van der Waals surface area contributed by atoms with Gasteiger partial charge in [-0.2, -0.15) is 0 Å². The molecule has 0 saturated heterocycles. The Morgan fingerprint density at radius 2 is 2.06 bits per heavy atom. The lowest BCUT2D eigenvalue weighted by atomic mass is 10.3. The molecule has 2 rings (SSSR count). The molecular weight excluding hydrogens is 222 g/mol. The molecule has 90 valence electrons. The molecule has 0 amide bonds. The Labute approximate surface area is 97.4 Å². The van der Waals surface area contributed by atoms with E-state index in [4.69, 9.17) is 21.6 Å². The molecule has 0 unspecified atom stereocenters. The number of nitrogen functional groups attached to an aromatic ring is 3. The average molecular weight is 235 g/mol. The Morgan fingerprint density at radius 3 is 2.71 bits per heavy atom. The van der Waals surface area contributed by atoms with E-state index in [1.165, 1.54) is 6.20 Å². The number of hydrogen-bond donors (Lipinski definition) is 4. The quantitative estimate of drug-likeness (QED) is 0.446. The number of pyridine rings is 1. The summed E-state index contributed by atoms with van der Waals surface area (Å²) in [6, 6.07) is 1.78. The topological polar surface area (TPSA) is 130 Å². The first-order valence-electron chi connectivity index (χ1n) is 4.91. The van der Waals surface area contributed by atoms with E-state index in [-0.39, 0.29) is 22.9 Å². The van der Waals surface area contributed by atoms with E-state index in [9.17, 15) is 5.21 Å². The number of nitrogens with one attached hydrogen (secondary N) is 1. The van der Waals surface area contributed by atoms with Crippen LogP contribution in [0.4, 0.5) is 22.9 Å². The molecule has 7 nitrogen and oxygen atoms in total. The molecule has 2 aromatic rings. The lowest BCUT2D eigenvalue weighted by molar-refractivity contribution is -0.588. The second-order valence-electron chi connectivity index (χ2n) is 3.57. The van der Waals surface area contributed by atoms with Crippen LogP contribution in [-0.4, -0.2) is 0 Å². The van der Waals surface area contributed by atoms with Gasteiger partial charge in [-0.15, -0.1) is 0 Å². The van der Waals surface area contributed by atoms with Crippen LogP contribution in [0, 0.1) is 5.21 Å². The molecule has 0 radical (unpaired) electrons. The minimum Gasteiger partial charge on any atom is -0.710 e. The van der Waals surface area contributed by atoms with E-state index in [0.29, 0.717) is 11.3 Å². The standard InChI is InChI=1S/C10H13N5O2/c11-7-4-15(16)10(9(13)8(7)12)14-3-6-1-2-17-5-6/h1-2,4-5,14H,3,11-13H2. The maximum Gasteiger partial charge on any atom is 0.303 e. The molecule has 17 heavy (non-hydrogen) atoms. The number of anilines is 4. The van der Waals surface area contributed by atoms with Crippen molar-refractivity contribution in [1.29, 1.82) is 0 Å². The Morgan fingerprint density at radius 1 is 1.29 bits per heavy atom. The van der Waals surface area contributed by atoms with Gasteiger partial charge in [0, 0.05) is 5.56 Å². The van der Waals surface area contributed by atoms with Gasteiger partial charge in [0.2, 0.25) is 0 Å². The highest BCUT2D eigenvalue weighted by Crippen LogP contribution is 2.26. The molecule has 0 bridgehead atoms. The fraction of sp³-hybridized carbons (Fsp3) is 0.100. The van der Waals surface area contributed by atoms with Crippen molar-refractivity contribution >= 4 is 22.9 Å². The number of nitrogens with zero attached hydrogens (tertiary/aromatic N) is 1. The van der Waals surface area contributed by atoms with Gasteiger partial charge in [-0.1, -0.05) is 0 Å². The van der Waals surface area contributed by atoms with Crippen LogP contribution in [-0.2, 0) is 6.54 Å². The first-order chi connectivity index (χ1) is 8.09. The molecule has 7 N–H and O–H groups in total. The number of rotatable bonds is 3. The zero-order valence-corrected chi connectivity index (χ0v) is 9.01. The normalized spacial score (nSPS) is 10.4. The lowest BCUT2D eigenvalue weighted by Crippen LogP contribution is -2.32. The summed E-state index contributed by atoms with van der Waals surface area (Å²) >= 11 is 0. The van der Waals surface area contributed by atoms with Gasteiger partial charge in [0.1, 0.15) is 18.4 Å². The summed E-state index contributed by atoms with van der Waals surface area (Å²) in [7, 11) is 0. The van der Waals surface area contributed by atoms with Crippen LogP contribution in [0.2, 0.25) is 0 Å². The minimum absolute atomic E-state index is 0.142. The van der Waals surface area contributed by atoms with Gasteiger partial charge in [-0.3, -0.25) is 5.32 Å². The van der Waals surface area contributed by atoms with E-state index in [2.05, 4.69) is 5.32 Å². The van der Waals surface area contributed by atoms with Crippen molar-refractivity contribution in [3.05, 3.63) is 35.6 Å². The van der Waals surface area contributed by atoms with E-state index < -0.39 is 0 Å². The van der Waals surface area contributed by atoms with Crippen molar-refractivity contribution in [1.82, 2.24) is 0 Å². The first kappa shape index (κ1) is 10.9. The number of nitrogens with two attached hydrogens (primary N) is 3. The van der Waals surface area contributed by atoms with Gasteiger partial charge in [0.05, 0.1) is 23.9 Å². The van der Waals surface area contributed by atoms with Crippen LogP contribution < -0.4 is 27.2 Å². The molecule has 0 spiro atoms. The van der Waals surface area contributed by atoms with Crippen LogP contribution in [0.1, 0.15) is 5.56 Å². The Bertz CT molecular complexity index is 524. The molecule has 2 aromatic heterocycles. The van der Waals surface area contributed by atoms with E-state index in [0.717, 1.165) is 5.56 Å². The summed E-state index contributed by atoms with van der Waals surface area (Å²) < 4.78 is 5.46. The summed E-state index contributed by atoms with van der Waals surface area (Å²) in [6.07, 6.45) is 4.28. The van der Waals surface area contributed by atoms with Crippen LogP contribution in [0.15, 0.2) is 29.2 Å². The van der Waals surface area contributed by atoms with Crippen LogP contribution in [0.3, 0.4) is 0 Å². The summed E-state index contributed by atoms with van der Waals surface area (Å²) in [5.74, 6) is 0.179. The van der Waals surface area contributed by atoms with Crippen molar-refractivity contribution in [2.24, 2.45) is 0 Å².